The lowest BCUT2D eigenvalue weighted by molar-refractivity contribution is -0.162. The Labute approximate surface area is 341 Å². The molecule has 9 atom stereocenters. The van der Waals surface area contributed by atoms with E-state index in [2.05, 4.69) is 43.6 Å². The number of allylic oxidation sites excluding steroid dienone is 3. The number of carbonyl (C=O) groups excluding carboxylic acids is 2. The van der Waals surface area contributed by atoms with Crippen LogP contribution in [0.3, 0.4) is 0 Å². The quantitative estimate of drug-likeness (QED) is 0.117. The van der Waals surface area contributed by atoms with Gasteiger partial charge in [0, 0.05) is 47.0 Å². The monoisotopic (exact) mass is 801 g/mol. The number of fused-ring (bicyclic) bond motifs is 2. The number of rotatable bonds is 14. The van der Waals surface area contributed by atoms with Gasteiger partial charge in [0.25, 0.3) is 0 Å². The van der Waals surface area contributed by atoms with Crippen molar-refractivity contribution in [3.8, 4) is 11.1 Å². The Morgan fingerprint density at radius 2 is 1.79 bits per heavy atom. The van der Waals surface area contributed by atoms with Gasteiger partial charge in [-0.25, -0.2) is 4.39 Å². The summed E-state index contributed by atoms with van der Waals surface area (Å²) in [5.74, 6) is -1.00. The molecule has 1 aromatic heterocycles. The number of aliphatic hydroxyl groups is 3. The van der Waals surface area contributed by atoms with Crippen molar-refractivity contribution in [1.82, 2.24) is 4.57 Å². The molecule has 58 heavy (non-hydrogen) atoms. The highest BCUT2D eigenvalue weighted by molar-refractivity contribution is 6.01. The minimum absolute atomic E-state index is 0.0728. The molecule has 4 N–H and O–H groups in total. The Hall–Kier alpha value is -4.58. The highest BCUT2D eigenvalue weighted by Crippen LogP contribution is 2.44. The van der Waals surface area contributed by atoms with Gasteiger partial charge < -0.3 is 34.5 Å². The number of esters is 2. The van der Waals surface area contributed by atoms with Crippen molar-refractivity contribution >= 4 is 34.9 Å². The van der Waals surface area contributed by atoms with E-state index in [1.54, 1.807) is 24.3 Å². The van der Waals surface area contributed by atoms with Gasteiger partial charge >= 0.3 is 17.9 Å². The van der Waals surface area contributed by atoms with Gasteiger partial charge in [-0.2, -0.15) is 0 Å². The summed E-state index contributed by atoms with van der Waals surface area (Å²) in [6, 6.07) is 14.4. The predicted molar refractivity (Wildman–Crippen MR) is 222 cm³/mol. The van der Waals surface area contributed by atoms with E-state index in [0.29, 0.717) is 18.3 Å². The van der Waals surface area contributed by atoms with Crippen LogP contribution in [0.2, 0.25) is 0 Å². The number of carboxylic acids is 1. The number of aliphatic hydroxyl groups excluding tert-OH is 3. The summed E-state index contributed by atoms with van der Waals surface area (Å²) < 4.78 is 27.1. The summed E-state index contributed by atoms with van der Waals surface area (Å²) in [5.41, 5.74) is 4.93. The molecule has 10 nitrogen and oxygen atoms in total. The maximum atomic E-state index is 13.5. The predicted octanol–water partition coefficient (Wildman–Crippen LogP) is 8.58. The molecular weight excluding hydrogens is 742 g/mol. The normalized spacial score (nSPS) is 24.7. The van der Waals surface area contributed by atoms with Gasteiger partial charge in [-0.1, -0.05) is 75.4 Å². The van der Waals surface area contributed by atoms with Crippen LogP contribution < -0.4 is 0 Å². The first-order valence-corrected chi connectivity index (χ1v) is 20.8. The maximum absolute atomic E-state index is 13.5. The van der Waals surface area contributed by atoms with Crippen molar-refractivity contribution in [3.63, 3.8) is 0 Å². The highest BCUT2D eigenvalue weighted by Gasteiger charge is 2.41. The van der Waals surface area contributed by atoms with Crippen molar-refractivity contribution in [2.45, 2.75) is 129 Å². The fourth-order valence-electron chi connectivity index (χ4n) is 8.57. The number of carboxylic acid groups (broad SMARTS) is 1. The lowest BCUT2D eigenvalue weighted by atomic mass is 9.66. The van der Waals surface area contributed by atoms with Gasteiger partial charge in [-0.15, -0.1) is 0 Å². The molecule has 0 spiro atoms. The fraction of sp³-hybridized carbons (Fsp3) is 0.511. The van der Waals surface area contributed by atoms with Gasteiger partial charge in [0.2, 0.25) is 0 Å². The molecule has 1 aliphatic heterocycles. The number of hydrogen-bond donors (Lipinski definition) is 4. The van der Waals surface area contributed by atoms with Crippen molar-refractivity contribution < 1.29 is 48.7 Å². The number of aromatic nitrogens is 1. The molecule has 2 aromatic carbocycles. The number of para-hydroxylation sites is 1. The Morgan fingerprint density at radius 3 is 2.47 bits per heavy atom. The van der Waals surface area contributed by atoms with Crippen LogP contribution in [0.25, 0.3) is 28.1 Å². The summed E-state index contributed by atoms with van der Waals surface area (Å²) in [6.07, 6.45) is 11.4. The van der Waals surface area contributed by atoms with E-state index in [0.717, 1.165) is 59.8 Å². The van der Waals surface area contributed by atoms with Crippen LogP contribution in [0.4, 0.5) is 4.39 Å². The minimum atomic E-state index is -1.13. The van der Waals surface area contributed by atoms with Crippen LogP contribution in [0.15, 0.2) is 78.4 Å². The lowest BCUT2D eigenvalue weighted by Crippen LogP contribution is -2.40. The molecule has 1 saturated heterocycles. The molecule has 3 aromatic rings. The molecule has 314 valence electrons. The van der Waals surface area contributed by atoms with E-state index in [1.165, 1.54) is 17.7 Å². The van der Waals surface area contributed by atoms with Crippen molar-refractivity contribution in [3.05, 3.63) is 89.9 Å². The standard InChI is InChI=1S/C24H26FNO4.C23H34O5/c1-15(2)26-21-6-4-3-5-20(21)24(16-7-9-17(25)10-8-16)22(26)12-11-18(27)13-19(28)14-23(29)30;1-4-14(2)23(26)28-20-7-5-6-16-9-8-15(3)19(22(16)20)11-10-18-12-17(24)13-21(25)27-18/h3-12,15,18-19,27-28H,13-14H2,1-2H3,(H,29,30);6,8-9,14-15,17-20,22,24H,4-5,7,10-13H2,1-3H3/b12-11+;/t18-,19-;14-,15-,17+,18+,19-,20-,22-/m10/s1. The lowest BCUT2D eigenvalue weighted by Gasteiger charge is -2.42. The van der Waals surface area contributed by atoms with Crippen LogP contribution in [-0.2, 0) is 23.9 Å². The largest absolute Gasteiger partial charge is 0.481 e. The third kappa shape index (κ3) is 11.3. The second-order valence-electron chi connectivity index (χ2n) is 16.4. The summed E-state index contributed by atoms with van der Waals surface area (Å²) in [5, 5.41) is 39.7. The molecule has 6 rings (SSSR count). The second kappa shape index (κ2) is 20.4. The van der Waals surface area contributed by atoms with Crippen LogP contribution in [-0.4, -0.2) is 73.4 Å². The fourth-order valence-corrected chi connectivity index (χ4v) is 8.57. The molecule has 11 heteroatoms. The summed E-state index contributed by atoms with van der Waals surface area (Å²) in [7, 11) is 0. The molecule has 2 aliphatic carbocycles. The Morgan fingerprint density at radius 1 is 1.07 bits per heavy atom. The average Bonchev–Trinajstić information content (AvgIpc) is 3.50. The van der Waals surface area contributed by atoms with E-state index in [1.807, 2.05) is 38.1 Å². The van der Waals surface area contributed by atoms with E-state index in [-0.39, 0.29) is 60.7 Å². The zero-order chi connectivity index (χ0) is 42.1. The number of cyclic esters (lactones) is 1. The van der Waals surface area contributed by atoms with E-state index in [9.17, 15) is 34.1 Å². The summed E-state index contributed by atoms with van der Waals surface area (Å²) in [6.45, 7) is 10.3. The van der Waals surface area contributed by atoms with Gasteiger partial charge in [-0.05, 0) is 93.2 Å². The Balaban J connectivity index is 0.000000221. The van der Waals surface area contributed by atoms with Crippen LogP contribution in [0, 0.1) is 29.5 Å². The first kappa shape index (κ1) is 44.5. The molecule has 0 amide bonds. The molecule has 0 bridgehead atoms. The second-order valence-corrected chi connectivity index (χ2v) is 16.4. The van der Waals surface area contributed by atoms with Crippen LogP contribution in [0.5, 0.6) is 0 Å². The number of benzene rings is 2. The van der Waals surface area contributed by atoms with Gasteiger partial charge in [0.15, 0.2) is 0 Å². The molecule has 3 aliphatic rings. The molecule has 1 fully saturated rings. The van der Waals surface area contributed by atoms with Crippen molar-refractivity contribution in [2.75, 3.05) is 0 Å². The highest BCUT2D eigenvalue weighted by atomic mass is 19.1. The average molecular weight is 802 g/mol. The first-order valence-electron chi connectivity index (χ1n) is 20.8. The topological polar surface area (TPSA) is 156 Å². The number of hydrogen-bond acceptors (Lipinski definition) is 8. The zero-order valence-electron chi connectivity index (χ0n) is 34.3. The number of nitrogens with zero attached hydrogens (tertiary/aromatic N) is 1. The molecule has 0 saturated carbocycles. The molecular formula is C47H60FNO9. The number of ether oxygens (including phenoxy) is 2. The summed E-state index contributed by atoms with van der Waals surface area (Å²) in [4.78, 5) is 34.8. The number of halogens is 1. The minimum Gasteiger partial charge on any atom is -0.481 e. The molecule has 0 unspecified atom stereocenters. The van der Waals surface area contributed by atoms with Crippen molar-refractivity contribution in [2.24, 2.45) is 23.7 Å². The number of aliphatic carboxylic acids is 1. The van der Waals surface area contributed by atoms with E-state index >= 15 is 0 Å². The van der Waals surface area contributed by atoms with E-state index in [4.69, 9.17) is 14.6 Å². The van der Waals surface area contributed by atoms with Gasteiger partial charge in [0.05, 0.1) is 37.1 Å². The smallest absolute Gasteiger partial charge is 0.308 e. The Bertz CT molecular complexity index is 1960. The van der Waals surface area contributed by atoms with Crippen molar-refractivity contribution in [1.29, 1.82) is 0 Å². The molecule has 2 heterocycles. The third-order valence-corrected chi connectivity index (χ3v) is 11.7. The maximum Gasteiger partial charge on any atom is 0.308 e. The Kier molecular flexibility index (Phi) is 15.7. The van der Waals surface area contributed by atoms with Crippen LogP contribution in [0.1, 0.15) is 104 Å². The van der Waals surface area contributed by atoms with E-state index < -0.39 is 30.7 Å². The van der Waals surface area contributed by atoms with Gasteiger partial charge in [0.1, 0.15) is 18.0 Å². The number of carbonyl (C=O) groups is 3. The van der Waals surface area contributed by atoms with Crippen LogP contribution >= 0.6 is 0 Å². The molecule has 0 radical (unpaired) electrons. The van der Waals surface area contributed by atoms with Gasteiger partial charge in [-0.3, -0.25) is 14.4 Å². The summed E-state index contributed by atoms with van der Waals surface area (Å²) >= 11 is 0. The first-order chi connectivity index (χ1) is 27.7. The third-order valence-electron chi connectivity index (χ3n) is 11.7. The SMILES string of the molecule is CC(C)n1c(/C=C/[C@@H](O)C[C@@H](O)CC(=O)O)c(-c2ccc(F)cc2)c2ccccc21.CC[C@H](C)C(=O)O[C@H]1CCC=C2C=C[C@H](C)[C@H](CC[C@@H]3C[C@@H](O)CC(=O)O3)[C@H]21. The zero-order valence-corrected chi connectivity index (χ0v) is 34.3.